The van der Waals surface area contributed by atoms with Gasteiger partial charge in [-0.05, 0) is 67.6 Å². The van der Waals surface area contributed by atoms with Gasteiger partial charge < -0.3 is 0 Å². The molecule has 0 radical (unpaired) electrons. The lowest BCUT2D eigenvalue weighted by Gasteiger charge is -2.28. The predicted molar refractivity (Wildman–Crippen MR) is 105 cm³/mol. The maximum absolute atomic E-state index is 4.67. The Morgan fingerprint density at radius 1 is 0.760 bits per heavy atom. The molecule has 0 aliphatic heterocycles. The van der Waals surface area contributed by atoms with E-state index in [1.807, 2.05) is 0 Å². The molecule has 0 bridgehead atoms. The smallest absolute Gasteiger partial charge is 0.131 e. The molecule has 0 unspecified atom stereocenters. The van der Waals surface area contributed by atoms with Gasteiger partial charge in [0.2, 0.25) is 0 Å². The van der Waals surface area contributed by atoms with Crippen LogP contribution in [0.3, 0.4) is 0 Å². The highest BCUT2D eigenvalue weighted by molar-refractivity contribution is 5.26. The van der Waals surface area contributed by atoms with Crippen molar-refractivity contribution >= 4 is 0 Å². The summed E-state index contributed by atoms with van der Waals surface area (Å²) in [5, 5.41) is 0. The molecular weight excluding hydrogens is 304 g/mol. The molecule has 1 aliphatic carbocycles. The second-order valence-electron chi connectivity index (χ2n) is 7.59. The van der Waals surface area contributed by atoms with Crippen LogP contribution in [0.2, 0.25) is 0 Å². The number of rotatable bonds is 7. The van der Waals surface area contributed by atoms with E-state index in [9.17, 15) is 0 Å². The van der Waals surface area contributed by atoms with Crippen molar-refractivity contribution in [1.82, 2.24) is 9.97 Å². The van der Waals surface area contributed by atoms with Gasteiger partial charge in [-0.3, -0.25) is 0 Å². The number of nitrogens with zero attached hydrogens (tertiary/aromatic N) is 2. The van der Waals surface area contributed by atoms with Gasteiger partial charge in [-0.25, -0.2) is 9.97 Å². The summed E-state index contributed by atoms with van der Waals surface area (Å²) in [6, 6.07) is 9.36. The fraction of sp³-hybridized carbons (Fsp3) is 0.565. The number of hydrogen-bond acceptors (Lipinski definition) is 2. The number of unbranched alkanes of at least 4 members (excludes halogenated alkanes) is 1. The van der Waals surface area contributed by atoms with Crippen molar-refractivity contribution in [1.29, 1.82) is 0 Å². The molecule has 3 rings (SSSR count). The van der Waals surface area contributed by atoms with Crippen molar-refractivity contribution in [2.24, 2.45) is 0 Å². The minimum absolute atomic E-state index is 0.552. The third-order valence-electron chi connectivity index (χ3n) is 5.63. The maximum Gasteiger partial charge on any atom is 0.131 e. The molecule has 2 heteroatoms. The van der Waals surface area contributed by atoms with Gasteiger partial charge >= 0.3 is 0 Å². The van der Waals surface area contributed by atoms with Gasteiger partial charge in [-0.15, -0.1) is 0 Å². The van der Waals surface area contributed by atoms with Gasteiger partial charge in [0, 0.05) is 18.3 Å². The second-order valence-corrected chi connectivity index (χ2v) is 7.59. The van der Waals surface area contributed by atoms with E-state index in [1.165, 1.54) is 68.1 Å². The van der Waals surface area contributed by atoms with E-state index in [0.717, 1.165) is 18.2 Å². The topological polar surface area (TPSA) is 25.8 Å². The van der Waals surface area contributed by atoms with Gasteiger partial charge in [-0.1, -0.05) is 51.0 Å². The Hall–Kier alpha value is -1.70. The van der Waals surface area contributed by atoms with Crippen molar-refractivity contribution in [3.8, 4) is 0 Å². The van der Waals surface area contributed by atoms with E-state index in [0.29, 0.717) is 5.92 Å². The highest BCUT2D eigenvalue weighted by Crippen LogP contribution is 2.39. The molecule has 25 heavy (non-hydrogen) atoms. The summed E-state index contributed by atoms with van der Waals surface area (Å²) < 4.78 is 0. The third kappa shape index (κ3) is 4.90. The standard InChI is InChI=1S/C23H32N2/c1-3-5-7-19-16-24-23(25-17-19)22-14-12-21(13-15-22)20-10-8-18(6-4-2)9-11-20/h8-11,16-17,21-22H,3-7,12-15H2,1-2H3. The monoisotopic (exact) mass is 336 g/mol. The molecule has 0 amide bonds. The summed E-state index contributed by atoms with van der Waals surface area (Å²) in [6.07, 6.45) is 15.0. The van der Waals surface area contributed by atoms with Crippen molar-refractivity contribution in [2.75, 3.05) is 0 Å². The summed E-state index contributed by atoms with van der Waals surface area (Å²) in [5.41, 5.74) is 4.28. The molecule has 2 nitrogen and oxygen atoms in total. The first-order valence-corrected chi connectivity index (χ1v) is 10.2. The van der Waals surface area contributed by atoms with E-state index in [4.69, 9.17) is 0 Å². The molecule has 1 fully saturated rings. The van der Waals surface area contributed by atoms with Gasteiger partial charge in [0.15, 0.2) is 0 Å². The molecule has 1 aliphatic rings. The van der Waals surface area contributed by atoms with Crippen LogP contribution >= 0.6 is 0 Å². The lowest BCUT2D eigenvalue weighted by Crippen LogP contribution is -2.14. The second kappa shape index (κ2) is 9.12. The van der Waals surface area contributed by atoms with Crippen molar-refractivity contribution < 1.29 is 0 Å². The number of hydrogen-bond donors (Lipinski definition) is 0. The fourth-order valence-corrected chi connectivity index (χ4v) is 4.02. The van der Waals surface area contributed by atoms with Crippen molar-refractivity contribution in [2.45, 2.75) is 83.5 Å². The van der Waals surface area contributed by atoms with Crippen molar-refractivity contribution in [3.05, 3.63) is 59.2 Å². The first-order chi connectivity index (χ1) is 12.3. The Labute approximate surface area is 153 Å². The lowest BCUT2D eigenvalue weighted by molar-refractivity contribution is 0.385. The van der Waals surface area contributed by atoms with Gasteiger partial charge in [0.25, 0.3) is 0 Å². The molecule has 0 spiro atoms. The maximum atomic E-state index is 4.67. The van der Waals surface area contributed by atoms with Gasteiger partial charge in [-0.2, -0.15) is 0 Å². The fourth-order valence-electron chi connectivity index (χ4n) is 4.02. The zero-order valence-electron chi connectivity index (χ0n) is 15.9. The van der Waals surface area contributed by atoms with Crippen LogP contribution in [0.5, 0.6) is 0 Å². The van der Waals surface area contributed by atoms with Crippen LogP contribution in [-0.4, -0.2) is 9.97 Å². The summed E-state index contributed by atoms with van der Waals surface area (Å²) in [5.74, 6) is 2.34. The molecule has 134 valence electrons. The summed E-state index contributed by atoms with van der Waals surface area (Å²) in [6.45, 7) is 4.47. The number of benzene rings is 1. The normalized spacial score (nSPS) is 20.6. The highest BCUT2D eigenvalue weighted by Gasteiger charge is 2.25. The zero-order valence-corrected chi connectivity index (χ0v) is 15.9. The van der Waals surface area contributed by atoms with E-state index in [2.05, 4.69) is 60.5 Å². The minimum atomic E-state index is 0.552. The van der Waals surface area contributed by atoms with Crippen LogP contribution in [0.15, 0.2) is 36.7 Å². The molecule has 2 aromatic rings. The molecule has 1 aromatic carbocycles. The van der Waals surface area contributed by atoms with Crippen LogP contribution < -0.4 is 0 Å². The van der Waals surface area contributed by atoms with E-state index in [1.54, 1.807) is 0 Å². The van der Waals surface area contributed by atoms with E-state index >= 15 is 0 Å². The average Bonchev–Trinajstić information content (AvgIpc) is 2.68. The quantitative estimate of drug-likeness (QED) is 0.600. The minimum Gasteiger partial charge on any atom is -0.241 e. The largest absolute Gasteiger partial charge is 0.241 e. The van der Waals surface area contributed by atoms with Crippen LogP contribution in [0.4, 0.5) is 0 Å². The molecule has 1 heterocycles. The average molecular weight is 337 g/mol. The Morgan fingerprint density at radius 3 is 2.00 bits per heavy atom. The Bertz CT molecular complexity index is 622. The van der Waals surface area contributed by atoms with Gasteiger partial charge in [0.05, 0.1) is 0 Å². The van der Waals surface area contributed by atoms with E-state index < -0.39 is 0 Å². The molecule has 0 atom stereocenters. The summed E-state index contributed by atoms with van der Waals surface area (Å²) >= 11 is 0. The molecule has 1 saturated carbocycles. The Kier molecular flexibility index (Phi) is 6.61. The van der Waals surface area contributed by atoms with Crippen LogP contribution in [0, 0.1) is 0 Å². The molecule has 1 aromatic heterocycles. The number of aryl methyl sites for hydroxylation is 2. The third-order valence-corrected chi connectivity index (χ3v) is 5.63. The first-order valence-electron chi connectivity index (χ1n) is 10.2. The number of aromatic nitrogens is 2. The van der Waals surface area contributed by atoms with Crippen LogP contribution in [-0.2, 0) is 12.8 Å². The predicted octanol–water partition coefficient (Wildman–Crippen LogP) is 6.21. The summed E-state index contributed by atoms with van der Waals surface area (Å²) in [7, 11) is 0. The Morgan fingerprint density at radius 2 is 1.40 bits per heavy atom. The molecule has 0 N–H and O–H groups in total. The van der Waals surface area contributed by atoms with Gasteiger partial charge in [0.1, 0.15) is 5.82 Å². The van der Waals surface area contributed by atoms with Crippen LogP contribution in [0.25, 0.3) is 0 Å². The van der Waals surface area contributed by atoms with Crippen molar-refractivity contribution in [3.63, 3.8) is 0 Å². The SMILES string of the molecule is CCCCc1cnc(C2CCC(c3ccc(CCC)cc3)CC2)nc1. The molecular formula is C23H32N2. The zero-order chi connectivity index (χ0) is 17.5. The van der Waals surface area contributed by atoms with E-state index in [-0.39, 0.29) is 0 Å². The Balaban J connectivity index is 1.54. The van der Waals surface area contributed by atoms with Crippen LogP contribution in [0.1, 0.15) is 93.1 Å². The highest BCUT2D eigenvalue weighted by atomic mass is 14.9. The first kappa shape index (κ1) is 18.1. The summed E-state index contributed by atoms with van der Waals surface area (Å²) in [4.78, 5) is 9.35. The lowest BCUT2D eigenvalue weighted by atomic mass is 9.78. The molecule has 0 saturated heterocycles.